The van der Waals surface area contributed by atoms with Gasteiger partial charge in [0.25, 0.3) is 0 Å². The number of benzene rings is 1. The van der Waals surface area contributed by atoms with Gasteiger partial charge in [-0.3, -0.25) is 4.90 Å². The molecule has 0 spiro atoms. The monoisotopic (exact) mass is 391 g/mol. The summed E-state index contributed by atoms with van der Waals surface area (Å²) in [5, 5.41) is 0. The number of rotatable bonds is 7. The number of hydrogen-bond acceptors (Lipinski definition) is 5. The first-order chi connectivity index (χ1) is 13.5. The maximum absolute atomic E-state index is 14.3. The lowest BCUT2D eigenvalue weighted by Gasteiger charge is -2.35. The molecule has 1 aliphatic heterocycles. The largest absolute Gasteiger partial charge is 0.484 e. The van der Waals surface area contributed by atoms with Crippen molar-refractivity contribution in [1.29, 1.82) is 0 Å². The zero-order valence-corrected chi connectivity index (χ0v) is 16.8. The Morgan fingerprint density at radius 3 is 2.82 bits per heavy atom. The lowest BCUT2D eigenvalue weighted by atomic mass is 9.83. The minimum absolute atomic E-state index is 0.0894. The molecule has 1 unspecified atom stereocenters. The fourth-order valence-corrected chi connectivity index (χ4v) is 3.63. The van der Waals surface area contributed by atoms with E-state index in [4.69, 9.17) is 14.2 Å². The third-order valence-electron chi connectivity index (χ3n) is 5.43. The van der Waals surface area contributed by atoms with Crippen LogP contribution in [-0.2, 0) is 9.47 Å². The highest BCUT2D eigenvalue weighted by atomic mass is 19.1. The van der Waals surface area contributed by atoms with E-state index in [1.807, 2.05) is 13.8 Å². The molecule has 0 amide bonds. The summed E-state index contributed by atoms with van der Waals surface area (Å²) in [6.45, 7) is 7.98. The molecular weight excluding hydrogens is 361 g/mol. The van der Waals surface area contributed by atoms with Crippen molar-refractivity contribution in [2.75, 3.05) is 39.5 Å². The van der Waals surface area contributed by atoms with Gasteiger partial charge >= 0.3 is 5.97 Å². The molecule has 1 aliphatic carbocycles. The lowest BCUT2D eigenvalue weighted by molar-refractivity contribution is 0.0194. The van der Waals surface area contributed by atoms with Crippen LogP contribution in [0.4, 0.5) is 4.39 Å². The van der Waals surface area contributed by atoms with Crippen molar-refractivity contribution in [2.24, 2.45) is 5.92 Å². The molecule has 0 radical (unpaired) electrons. The van der Waals surface area contributed by atoms with Crippen molar-refractivity contribution in [3.8, 4) is 5.75 Å². The summed E-state index contributed by atoms with van der Waals surface area (Å²) in [6, 6.07) is 4.15. The number of carbonyl (C=O) groups is 1. The normalized spacial score (nSPS) is 20.8. The van der Waals surface area contributed by atoms with Crippen LogP contribution in [0.5, 0.6) is 5.75 Å². The molecule has 1 aromatic rings. The highest BCUT2D eigenvalue weighted by Crippen LogP contribution is 2.33. The summed E-state index contributed by atoms with van der Waals surface area (Å²) in [4.78, 5) is 14.6. The number of hydrogen-bond donors (Lipinski definition) is 0. The zero-order valence-electron chi connectivity index (χ0n) is 16.8. The van der Waals surface area contributed by atoms with E-state index in [-0.39, 0.29) is 11.7 Å². The van der Waals surface area contributed by atoms with Crippen LogP contribution >= 0.6 is 0 Å². The fourth-order valence-electron chi connectivity index (χ4n) is 3.63. The third-order valence-corrected chi connectivity index (χ3v) is 5.43. The van der Waals surface area contributed by atoms with Gasteiger partial charge in [0, 0.05) is 25.6 Å². The predicted octanol–water partition coefficient (Wildman–Crippen LogP) is 3.83. The first-order valence-electron chi connectivity index (χ1n) is 10.1. The van der Waals surface area contributed by atoms with E-state index in [1.165, 1.54) is 18.2 Å². The zero-order chi connectivity index (χ0) is 20.0. The number of allylic oxidation sites excluding steroid dienone is 1. The van der Waals surface area contributed by atoms with E-state index in [1.54, 1.807) is 0 Å². The van der Waals surface area contributed by atoms with Gasteiger partial charge in [-0.1, -0.05) is 12.2 Å². The molecule has 6 heteroatoms. The van der Waals surface area contributed by atoms with Gasteiger partial charge in [0.15, 0.2) is 11.6 Å². The summed E-state index contributed by atoms with van der Waals surface area (Å²) < 4.78 is 31.0. The van der Waals surface area contributed by atoms with Crippen molar-refractivity contribution >= 4 is 5.97 Å². The first kappa shape index (κ1) is 20.8. The summed E-state index contributed by atoms with van der Waals surface area (Å²) in [5.41, 5.74) is -0.259. The molecule has 154 valence electrons. The number of halogens is 1. The molecule has 1 heterocycles. The summed E-state index contributed by atoms with van der Waals surface area (Å²) in [6.07, 6.45) is 7.48. The van der Waals surface area contributed by atoms with E-state index in [0.717, 1.165) is 32.4 Å². The topological polar surface area (TPSA) is 48.0 Å². The number of nitrogens with zero attached hydrogens (tertiary/aromatic N) is 1. The quantitative estimate of drug-likeness (QED) is 0.522. The Kier molecular flexibility index (Phi) is 7.08. The molecular formula is C22H30FNO4. The lowest BCUT2D eigenvalue weighted by Crippen LogP contribution is -2.38. The Bertz CT molecular complexity index is 698. The molecule has 3 rings (SSSR count). The molecule has 0 aromatic heterocycles. The van der Waals surface area contributed by atoms with Crippen LogP contribution in [0.2, 0.25) is 0 Å². The number of morpholine rings is 1. The predicted molar refractivity (Wildman–Crippen MR) is 105 cm³/mol. The molecule has 0 bridgehead atoms. The Hall–Kier alpha value is -1.92. The second-order valence-electron chi connectivity index (χ2n) is 7.91. The van der Waals surface area contributed by atoms with Crippen molar-refractivity contribution in [1.82, 2.24) is 4.90 Å². The molecule has 1 atom stereocenters. The van der Waals surface area contributed by atoms with Gasteiger partial charge in [-0.2, -0.15) is 0 Å². The van der Waals surface area contributed by atoms with Crippen molar-refractivity contribution in [2.45, 2.75) is 38.7 Å². The standard InChI is InChI=1S/C22H30FNO4/c1-22(2,18-6-4-3-5-7-18)28-20-16-17(8-9-19(20)23)21(25)27-15-12-24-10-13-26-14-11-24/h4,6,8-9,16,18H,3,5,7,10-15H2,1-2H3. The fraction of sp³-hybridized carbons (Fsp3) is 0.591. The Balaban J connectivity index is 1.59. The molecule has 2 aliphatic rings. The van der Waals surface area contributed by atoms with Crippen LogP contribution in [0.15, 0.2) is 30.4 Å². The van der Waals surface area contributed by atoms with Crippen molar-refractivity contribution < 1.29 is 23.4 Å². The molecule has 0 N–H and O–H groups in total. The van der Waals surface area contributed by atoms with Gasteiger partial charge in [-0.05, 0) is 51.3 Å². The van der Waals surface area contributed by atoms with Crippen LogP contribution in [0.3, 0.4) is 0 Å². The maximum Gasteiger partial charge on any atom is 0.338 e. The van der Waals surface area contributed by atoms with Crippen molar-refractivity contribution in [3.63, 3.8) is 0 Å². The van der Waals surface area contributed by atoms with Crippen LogP contribution in [-0.4, -0.2) is 55.9 Å². The van der Waals surface area contributed by atoms with Crippen LogP contribution in [0.25, 0.3) is 0 Å². The Morgan fingerprint density at radius 1 is 1.32 bits per heavy atom. The van der Waals surface area contributed by atoms with E-state index in [2.05, 4.69) is 17.1 Å². The average Bonchev–Trinajstić information content (AvgIpc) is 2.71. The van der Waals surface area contributed by atoms with Gasteiger partial charge in [0.1, 0.15) is 12.2 Å². The van der Waals surface area contributed by atoms with Gasteiger partial charge < -0.3 is 14.2 Å². The minimum Gasteiger partial charge on any atom is -0.484 e. The molecule has 1 fully saturated rings. The highest BCUT2D eigenvalue weighted by Gasteiger charge is 2.31. The molecule has 5 nitrogen and oxygen atoms in total. The van der Waals surface area contributed by atoms with Crippen molar-refractivity contribution in [3.05, 3.63) is 41.7 Å². The first-order valence-corrected chi connectivity index (χ1v) is 10.1. The van der Waals surface area contributed by atoms with Gasteiger partial charge in [-0.25, -0.2) is 9.18 Å². The van der Waals surface area contributed by atoms with E-state index in [9.17, 15) is 9.18 Å². The second kappa shape index (κ2) is 9.52. The third kappa shape index (κ3) is 5.55. The number of carbonyl (C=O) groups excluding carboxylic acids is 1. The van der Waals surface area contributed by atoms with E-state index in [0.29, 0.717) is 31.9 Å². The van der Waals surface area contributed by atoms with Crippen LogP contribution in [0, 0.1) is 11.7 Å². The number of ether oxygens (including phenoxy) is 3. The van der Waals surface area contributed by atoms with Gasteiger partial charge in [0.05, 0.1) is 18.8 Å². The molecule has 1 saturated heterocycles. The SMILES string of the molecule is CC(C)(Oc1cc(C(=O)OCCN2CCOCC2)ccc1F)C1C=CCCC1. The summed E-state index contributed by atoms with van der Waals surface area (Å²) in [7, 11) is 0. The maximum atomic E-state index is 14.3. The van der Waals surface area contributed by atoms with Crippen LogP contribution in [0.1, 0.15) is 43.5 Å². The summed E-state index contributed by atoms with van der Waals surface area (Å²) >= 11 is 0. The molecule has 1 aromatic carbocycles. The van der Waals surface area contributed by atoms with E-state index >= 15 is 0 Å². The Morgan fingerprint density at radius 2 is 2.11 bits per heavy atom. The highest BCUT2D eigenvalue weighted by molar-refractivity contribution is 5.89. The molecule has 0 saturated carbocycles. The smallest absolute Gasteiger partial charge is 0.338 e. The van der Waals surface area contributed by atoms with Gasteiger partial charge in [0.2, 0.25) is 0 Å². The summed E-state index contributed by atoms with van der Waals surface area (Å²) in [5.74, 6) is -0.636. The minimum atomic E-state index is -0.559. The average molecular weight is 391 g/mol. The number of esters is 1. The Labute approximate surface area is 166 Å². The van der Waals surface area contributed by atoms with Gasteiger partial charge in [-0.15, -0.1) is 0 Å². The van der Waals surface area contributed by atoms with E-state index < -0.39 is 17.4 Å². The second-order valence-corrected chi connectivity index (χ2v) is 7.91. The van der Waals surface area contributed by atoms with Crippen LogP contribution < -0.4 is 4.74 Å². The molecule has 28 heavy (non-hydrogen) atoms.